The van der Waals surface area contributed by atoms with Crippen molar-refractivity contribution in [2.75, 3.05) is 31.7 Å². The second kappa shape index (κ2) is 7.52. The SMILES string of the molecule is NC(=NC[C@H]1CC[C@@H](CO)O1)Nc1ccc2c(c1)OCCCO2. The minimum absolute atomic E-state index is 0.0243. The third-order valence-electron chi connectivity index (χ3n) is 3.88. The number of hydrogen-bond donors (Lipinski definition) is 3. The highest BCUT2D eigenvalue weighted by atomic mass is 16.5. The molecule has 0 unspecified atom stereocenters. The summed E-state index contributed by atoms with van der Waals surface area (Å²) in [7, 11) is 0. The molecule has 2 atom stereocenters. The number of benzene rings is 1. The normalized spacial score (nSPS) is 24.3. The zero-order valence-corrected chi connectivity index (χ0v) is 13.0. The predicted molar refractivity (Wildman–Crippen MR) is 87.1 cm³/mol. The van der Waals surface area contributed by atoms with Gasteiger partial charge in [-0.3, -0.25) is 4.99 Å². The Morgan fingerprint density at radius 1 is 1.22 bits per heavy atom. The number of aliphatic hydroxyl groups excluding tert-OH is 1. The van der Waals surface area contributed by atoms with Gasteiger partial charge in [0.25, 0.3) is 0 Å². The summed E-state index contributed by atoms with van der Waals surface area (Å²) in [5, 5.41) is 12.1. The molecule has 0 radical (unpaired) electrons. The Labute approximate surface area is 135 Å². The van der Waals surface area contributed by atoms with Crippen LogP contribution in [-0.4, -0.2) is 49.6 Å². The van der Waals surface area contributed by atoms with E-state index in [1.54, 1.807) is 0 Å². The van der Waals surface area contributed by atoms with Gasteiger partial charge in [-0.2, -0.15) is 0 Å². The van der Waals surface area contributed by atoms with Gasteiger partial charge in [0, 0.05) is 18.2 Å². The van der Waals surface area contributed by atoms with Crippen molar-refractivity contribution in [3.8, 4) is 11.5 Å². The second-order valence-corrected chi connectivity index (χ2v) is 5.70. The molecule has 4 N–H and O–H groups in total. The zero-order valence-electron chi connectivity index (χ0n) is 13.0. The van der Waals surface area contributed by atoms with Crippen molar-refractivity contribution >= 4 is 11.6 Å². The van der Waals surface area contributed by atoms with Crippen molar-refractivity contribution < 1.29 is 19.3 Å². The molecule has 126 valence electrons. The largest absolute Gasteiger partial charge is 0.490 e. The Balaban J connectivity index is 1.56. The first-order valence-corrected chi connectivity index (χ1v) is 7.97. The molecule has 0 aliphatic carbocycles. The summed E-state index contributed by atoms with van der Waals surface area (Å²) in [4.78, 5) is 4.31. The molecule has 2 heterocycles. The summed E-state index contributed by atoms with van der Waals surface area (Å²) in [6.45, 7) is 1.86. The topological polar surface area (TPSA) is 98.3 Å². The minimum atomic E-state index is -0.0638. The molecular weight excluding hydrogens is 298 g/mol. The third kappa shape index (κ3) is 4.27. The van der Waals surface area contributed by atoms with E-state index < -0.39 is 0 Å². The van der Waals surface area contributed by atoms with Gasteiger partial charge in [-0.15, -0.1) is 0 Å². The van der Waals surface area contributed by atoms with Crippen LogP contribution in [-0.2, 0) is 4.74 Å². The molecule has 23 heavy (non-hydrogen) atoms. The van der Waals surface area contributed by atoms with E-state index in [2.05, 4.69) is 10.3 Å². The van der Waals surface area contributed by atoms with E-state index in [1.807, 2.05) is 18.2 Å². The highest BCUT2D eigenvalue weighted by molar-refractivity contribution is 5.92. The van der Waals surface area contributed by atoms with Crippen molar-refractivity contribution in [3.63, 3.8) is 0 Å². The van der Waals surface area contributed by atoms with Crippen LogP contribution in [0, 0.1) is 0 Å². The molecule has 2 aliphatic heterocycles. The Bertz CT molecular complexity index is 564. The van der Waals surface area contributed by atoms with Crippen LogP contribution in [0.15, 0.2) is 23.2 Å². The Morgan fingerprint density at radius 2 is 2.00 bits per heavy atom. The van der Waals surface area contributed by atoms with Crippen molar-refractivity contribution in [2.24, 2.45) is 10.7 Å². The quantitative estimate of drug-likeness (QED) is 0.568. The lowest BCUT2D eigenvalue weighted by Gasteiger charge is -2.12. The Morgan fingerprint density at radius 3 is 2.78 bits per heavy atom. The van der Waals surface area contributed by atoms with Crippen molar-refractivity contribution in [1.82, 2.24) is 0 Å². The molecule has 0 saturated carbocycles. The Kier molecular flexibility index (Phi) is 5.19. The van der Waals surface area contributed by atoms with Gasteiger partial charge in [0.05, 0.1) is 38.6 Å². The van der Waals surface area contributed by atoms with Crippen LogP contribution in [0.5, 0.6) is 11.5 Å². The van der Waals surface area contributed by atoms with Crippen LogP contribution in [0.25, 0.3) is 0 Å². The second-order valence-electron chi connectivity index (χ2n) is 5.70. The molecule has 3 rings (SSSR count). The number of nitrogens with zero attached hydrogens (tertiary/aromatic N) is 1. The van der Waals surface area contributed by atoms with Gasteiger partial charge in [0.1, 0.15) is 0 Å². The van der Waals surface area contributed by atoms with E-state index in [9.17, 15) is 0 Å². The summed E-state index contributed by atoms with van der Waals surface area (Å²) < 4.78 is 16.9. The van der Waals surface area contributed by atoms with Crippen LogP contribution >= 0.6 is 0 Å². The molecule has 7 heteroatoms. The van der Waals surface area contributed by atoms with Gasteiger partial charge in [-0.1, -0.05) is 0 Å². The molecule has 1 fully saturated rings. The molecule has 1 saturated heterocycles. The van der Waals surface area contributed by atoms with E-state index >= 15 is 0 Å². The fourth-order valence-electron chi connectivity index (χ4n) is 2.68. The average molecular weight is 321 g/mol. The number of ether oxygens (including phenoxy) is 3. The standard InChI is InChI=1S/C16H23N3O4/c17-16(18-9-12-3-4-13(10-20)23-12)19-11-2-5-14-15(8-11)22-7-1-6-21-14/h2,5,8,12-13,20H,1,3-4,6-7,9-10H2,(H3,17,18,19)/t12-,13+/m1/s1. The van der Waals surface area contributed by atoms with Gasteiger partial charge < -0.3 is 30.4 Å². The van der Waals surface area contributed by atoms with Gasteiger partial charge in [-0.05, 0) is 25.0 Å². The maximum Gasteiger partial charge on any atom is 0.193 e. The van der Waals surface area contributed by atoms with E-state index in [0.29, 0.717) is 31.5 Å². The number of nitrogens with two attached hydrogens (primary N) is 1. The number of guanidine groups is 1. The number of aliphatic imine (C=N–C) groups is 1. The third-order valence-corrected chi connectivity index (χ3v) is 3.88. The fourth-order valence-corrected chi connectivity index (χ4v) is 2.68. The van der Waals surface area contributed by atoms with E-state index in [0.717, 1.165) is 30.7 Å². The smallest absolute Gasteiger partial charge is 0.193 e. The van der Waals surface area contributed by atoms with E-state index in [-0.39, 0.29) is 18.8 Å². The first kappa shape index (κ1) is 15.9. The lowest BCUT2D eigenvalue weighted by atomic mass is 10.2. The zero-order chi connectivity index (χ0) is 16.1. The predicted octanol–water partition coefficient (Wildman–Crippen LogP) is 1.11. The molecular formula is C16H23N3O4. The van der Waals surface area contributed by atoms with Gasteiger partial charge in [0.15, 0.2) is 17.5 Å². The summed E-state index contributed by atoms with van der Waals surface area (Å²) in [6, 6.07) is 5.60. The lowest BCUT2D eigenvalue weighted by Crippen LogP contribution is -2.25. The summed E-state index contributed by atoms with van der Waals surface area (Å²) in [6.07, 6.45) is 2.59. The maximum absolute atomic E-state index is 9.05. The van der Waals surface area contributed by atoms with Gasteiger partial charge >= 0.3 is 0 Å². The number of nitrogens with one attached hydrogen (secondary N) is 1. The monoisotopic (exact) mass is 321 g/mol. The van der Waals surface area contributed by atoms with E-state index in [1.165, 1.54) is 0 Å². The van der Waals surface area contributed by atoms with Crippen molar-refractivity contribution in [1.29, 1.82) is 0 Å². The molecule has 0 bridgehead atoms. The molecule has 7 nitrogen and oxygen atoms in total. The highest BCUT2D eigenvalue weighted by Crippen LogP contribution is 2.32. The average Bonchev–Trinajstić information content (AvgIpc) is 2.90. The molecule has 0 spiro atoms. The molecule has 2 aliphatic rings. The minimum Gasteiger partial charge on any atom is -0.490 e. The number of rotatable bonds is 4. The molecule has 1 aromatic carbocycles. The van der Waals surface area contributed by atoms with Crippen LogP contribution in [0.2, 0.25) is 0 Å². The van der Waals surface area contributed by atoms with Gasteiger partial charge in [-0.25, -0.2) is 0 Å². The van der Waals surface area contributed by atoms with Crippen LogP contribution in [0.4, 0.5) is 5.69 Å². The number of aliphatic hydroxyl groups is 1. The number of hydrogen-bond acceptors (Lipinski definition) is 5. The lowest BCUT2D eigenvalue weighted by molar-refractivity contribution is 0.0160. The summed E-state index contributed by atoms with van der Waals surface area (Å²) in [5.74, 6) is 1.79. The highest BCUT2D eigenvalue weighted by Gasteiger charge is 2.24. The van der Waals surface area contributed by atoms with E-state index in [4.69, 9.17) is 25.1 Å². The first-order valence-electron chi connectivity index (χ1n) is 7.97. The molecule has 0 aromatic heterocycles. The number of fused-ring (bicyclic) bond motifs is 1. The van der Waals surface area contributed by atoms with Crippen LogP contribution < -0.4 is 20.5 Å². The summed E-state index contributed by atoms with van der Waals surface area (Å²) >= 11 is 0. The molecule has 0 amide bonds. The summed E-state index contributed by atoms with van der Waals surface area (Å²) in [5.41, 5.74) is 6.72. The van der Waals surface area contributed by atoms with Crippen molar-refractivity contribution in [2.45, 2.75) is 31.5 Å². The van der Waals surface area contributed by atoms with Gasteiger partial charge in [0.2, 0.25) is 0 Å². The fraction of sp³-hybridized carbons (Fsp3) is 0.562. The first-order chi connectivity index (χ1) is 11.2. The molecule has 1 aromatic rings. The van der Waals surface area contributed by atoms with Crippen LogP contribution in [0.3, 0.4) is 0 Å². The van der Waals surface area contributed by atoms with Crippen LogP contribution in [0.1, 0.15) is 19.3 Å². The van der Waals surface area contributed by atoms with Crippen molar-refractivity contribution in [3.05, 3.63) is 18.2 Å². The maximum atomic E-state index is 9.05. The Hall–Kier alpha value is -1.99. The number of anilines is 1.